The molecule has 0 radical (unpaired) electrons. The largest absolute Gasteiger partial charge is 0.496 e. The number of nitro benzene ring substituents is 1. The van der Waals surface area contributed by atoms with Crippen LogP contribution in [-0.2, 0) is 0 Å². The SMILES string of the molecule is CCOc1cc(/C=N\Nc2nc(-c3cccc([N+](=O)[O-])c3)cs2)ccc1OC(=O)c1ccccc1OC. The average Bonchev–Trinajstić information content (AvgIpc) is 3.39. The molecule has 1 heterocycles. The van der Waals surface area contributed by atoms with Gasteiger partial charge in [0.15, 0.2) is 11.5 Å². The quantitative estimate of drug-likeness (QED) is 0.0919. The fourth-order valence-corrected chi connectivity index (χ4v) is 3.99. The first-order chi connectivity index (χ1) is 18.0. The van der Waals surface area contributed by atoms with E-state index in [0.717, 1.165) is 0 Å². The lowest BCUT2D eigenvalue weighted by Gasteiger charge is -2.12. The number of nitro groups is 1. The standard InChI is InChI=1S/C26H22N4O6S/c1-3-35-24-13-17(11-12-23(24)36-25(31)20-9-4-5-10-22(20)34-2)15-27-29-26-28-21(16-37-26)18-7-6-8-19(14-18)30(32)33/h4-16H,3H2,1-2H3,(H,28,29)/b27-15-. The van der Waals surface area contributed by atoms with Gasteiger partial charge in [0.1, 0.15) is 11.3 Å². The van der Waals surface area contributed by atoms with E-state index in [1.807, 2.05) is 6.92 Å². The molecule has 0 fully saturated rings. The topological polar surface area (TPSA) is 125 Å². The number of nitrogens with zero attached hydrogens (tertiary/aromatic N) is 3. The van der Waals surface area contributed by atoms with Gasteiger partial charge in [0.05, 0.1) is 30.5 Å². The maximum Gasteiger partial charge on any atom is 0.347 e. The van der Waals surface area contributed by atoms with Gasteiger partial charge in [-0.1, -0.05) is 24.3 Å². The van der Waals surface area contributed by atoms with Crippen molar-refractivity contribution in [3.8, 4) is 28.5 Å². The number of ether oxygens (including phenoxy) is 3. The van der Waals surface area contributed by atoms with Gasteiger partial charge in [0.2, 0.25) is 5.13 Å². The van der Waals surface area contributed by atoms with Crippen LogP contribution in [0.15, 0.2) is 77.2 Å². The Morgan fingerprint density at radius 2 is 1.95 bits per heavy atom. The highest BCUT2D eigenvalue weighted by atomic mass is 32.1. The number of hydrogen-bond acceptors (Lipinski definition) is 10. The fourth-order valence-electron chi connectivity index (χ4n) is 3.32. The number of rotatable bonds is 10. The summed E-state index contributed by atoms with van der Waals surface area (Å²) in [5.41, 5.74) is 5.10. The molecule has 0 aliphatic carbocycles. The maximum atomic E-state index is 12.7. The minimum atomic E-state index is -0.565. The summed E-state index contributed by atoms with van der Waals surface area (Å²) < 4.78 is 16.5. The van der Waals surface area contributed by atoms with E-state index in [0.29, 0.717) is 45.6 Å². The Labute approximate surface area is 216 Å². The number of hydrazone groups is 1. The van der Waals surface area contributed by atoms with E-state index in [9.17, 15) is 14.9 Å². The van der Waals surface area contributed by atoms with Crippen molar-refractivity contribution in [2.45, 2.75) is 6.92 Å². The third-order valence-corrected chi connectivity index (χ3v) is 5.77. The van der Waals surface area contributed by atoms with Gasteiger partial charge in [-0.3, -0.25) is 15.5 Å². The lowest BCUT2D eigenvalue weighted by molar-refractivity contribution is -0.384. The van der Waals surface area contributed by atoms with Crippen molar-refractivity contribution in [3.63, 3.8) is 0 Å². The minimum absolute atomic E-state index is 0.000152. The number of nitrogens with one attached hydrogen (secondary N) is 1. The smallest absolute Gasteiger partial charge is 0.347 e. The molecule has 37 heavy (non-hydrogen) atoms. The number of carbonyl (C=O) groups is 1. The lowest BCUT2D eigenvalue weighted by Crippen LogP contribution is -2.11. The van der Waals surface area contributed by atoms with Crippen LogP contribution in [0, 0.1) is 10.1 Å². The summed E-state index contributed by atoms with van der Waals surface area (Å²) in [6.07, 6.45) is 1.57. The van der Waals surface area contributed by atoms with E-state index >= 15 is 0 Å². The molecule has 3 aromatic carbocycles. The molecule has 10 nitrogen and oxygen atoms in total. The van der Waals surface area contributed by atoms with Gasteiger partial charge in [-0.25, -0.2) is 9.78 Å². The molecule has 188 valence electrons. The molecule has 0 saturated heterocycles. The number of thiazole rings is 1. The van der Waals surface area contributed by atoms with Gasteiger partial charge in [0, 0.05) is 23.1 Å². The molecule has 0 unspecified atom stereocenters. The Morgan fingerprint density at radius 3 is 2.73 bits per heavy atom. The highest BCUT2D eigenvalue weighted by molar-refractivity contribution is 7.14. The van der Waals surface area contributed by atoms with Crippen molar-refractivity contribution in [1.29, 1.82) is 0 Å². The molecule has 0 aliphatic heterocycles. The Hall–Kier alpha value is -4.77. The van der Waals surface area contributed by atoms with E-state index in [4.69, 9.17) is 14.2 Å². The minimum Gasteiger partial charge on any atom is -0.496 e. The van der Waals surface area contributed by atoms with Crippen LogP contribution < -0.4 is 19.6 Å². The number of non-ortho nitro benzene ring substituents is 1. The summed E-state index contributed by atoms with van der Waals surface area (Å²) in [4.78, 5) is 27.7. The first-order valence-corrected chi connectivity index (χ1v) is 12.0. The van der Waals surface area contributed by atoms with Crippen LogP contribution in [0.3, 0.4) is 0 Å². The molecule has 0 spiro atoms. The molecule has 4 rings (SSSR count). The first kappa shape index (κ1) is 25.3. The number of esters is 1. The van der Waals surface area contributed by atoms with E-state index in [1.165, 1.54) is 30.6 Å². The monoisotopic (exact) mass is 518 g/mol. The van der Waals surface area contributed by atoms with Gasteiger partial charge in [-0.05, 0) is 42.8 Å². The summed E-state index contributed by atoms with van der Waals surface area (Å²) in [6, 6.07) is 18.1. The van der Waals surface area contributed by atoms with Crippen LogP contribution >= 0.6 is 11.3 Å². The van der Waals surface area contributed by atoms with Crippen molar-refractivity contribution >= 4 is 34.3 Å². The number of carbonyl (C=O) groups excluding carboxylic acids is 1. The number of hydrogen-bond donors (Lipinski definition) is 1. The molecule has 0 aliphatic rings. The molecule has 4 aromatic rings. The van der Waals surface area contributed by atoms with Gasteiger partial charge in [-0.2, -0.15) is 5.10 Å². The van der Waals surface area contributed by atoms with Gasteiger partial charge >= 0.3 is 5.97 Å². The maximum absolute atomic E-state index is 12.7. The second-order valence-electron chi connectivity index (χ2n) is 7.44. The number of methoxy groups -OCH3 is 1. The van der Waals surface area contributed by atoms with Crippen LogP contribution in [0.1, 0.15) is 22.8 Å². The van der Waals surface area contributed by atoms with Crippen molar-refractivity contribution in [3.05, 3.63) is 93.4 Å². The van der Waals surface area contributed by atoms with Crippen LogP contribution in [0.4, 0.5) is 10.8 Å². The average molecular weight is 519 g/mol. The number of para-hydroxylation sites is 1. The fraction of sp³-hybridized carbons (Fsp3) is 0.115. The van der Waals surface area contributed by atoms with Crippen molar-refractivity contribution < 1.29 is 23.9 Å². The van der Waals surface area contributed by atoms with E-state index in [-0.39, 0.29) is 11.4 Å². The summed E-state index contributed by atoms with van der Waals surface area (Å²) in [6.45, 7) is 2.20. The molecule has 11 heteroatoms. The molecule has 1 aromatic heterocycles. The molecular weight excluding hydrogens is 496 g/mol. The first-order valence-electron chi connectivity index (χ1n) is 11.1. The zero-order valence-corrected chi connectivity index (χ0v) is 20.7. The molecule has 0 saturated carbocycles. The molecular formula is C26H22N4O6S. The van der Waals surface area contributed by atoms with Gasteiger partial charge in [0.25, 0.3) is 5.69 Å². The van der Waals surface area contributed by atoms with E-state index in [2.05, 4.69) is 15.5 Å². The summed E-state index contributed by atoms with van der Waals surface area (Å²) in [5, 5.41) is 17.5. The zero-order valence-electron chi connectivity index (χ0n) is 19.9. The molecule has 0 atom stereocenters. The highest BCUT2D eigenvalue weighted by Gasteiger charge is 2.17. The van der Waals surface area contributed by atoms with Crippen molar-refractivity contribution in [2.24, 2.45) is 5.10 Å². The summed E-state index contributed by atoms with van der Waals surface area (Å²) in [5.74, 6) is 0.502. The van der Waals surface area contributed by atoms with Gasteiger partial charge in [-0.15, -0.1) is 11.3 Å². The van der Waals surface area contributed by atoms with Crippen molar-refractivity contribution in [1.82, 2.24) is 4.98 Å². The molecule has 0 bridgehead atoms. The van der Waals surface area contributed by atoms with E-state index < -0.39 is 10.9 Å². The predicted octanol–water partition coefficient (Wildman–Crippen LogP) is 5.79. The lowest BCUT2D eigenvalue weighted by atomic mass is 10.1. The number of anilines is 1. The number of aromatic nitrogens is 1. The van der Waals surface area contributed by atoms with Crippen molar-refractivity contribution in [2.75, 3.05) is 19.1 Å². The van der Waals surface area contributed by atoms with Crippen LogP contribution in [0.25, 0.3) is 11.3 Å². The van der Waals surface area contributed by atoms with Crippen LogP contribution in [0.5, 0.6) is 17.2 Å². The molecule has 0 amide bonds. The predicted molar refractivity (Wildman–Crippen MR) is 141 cm³/mol. The Balaban J connectivity index is 1.45. The third-order valence-electron chi connectivity index (χ3n) is 5.03. The Bertz CT molecular complexity index is 1450. The highest BCUT2D eigenvalue weighted by Crippen LogP contribution is 2.30. The Kier molecular flexibility index (Phi) is 8.06. The second kappa shape index (κ2) is 11.8. The summed E-state index contributed by atoms with van der Waals surface area (Å²) in [7, 11) is 1.49. The third kappa shape index (κ3) is 6.27. The van der Waals surface area contributed by atoms with Gasteiger partial charge < -0.3 is 14.2 Å². The Morgan fingerprint density at radius 1 is 1.11 bits per heavy atom. The van der Waals surface area contributed by atoms with E-state index in [1.54, 1.807) is 66.2 Å². The molecule has 1 N–H and O–H groups in total. The van der Waals surface area contributed by atoms with Crippen LogP contribution in [-0.4, -0.2) is 35.8 Å². The second-order valence-corrected chi connectivity index (χ2v) is 8.30. The summed E-state index contributed by atoms with van der Waals surface area (Å²) >= 11 is 1.32. The number of benzene rings is 3. The zero-order chi connectivity index (χ0) is 26.2. The normalized spacial score (nSPS) is 10.8. The van der Waals surface area contributed by atoms with Crippen LogP contribution in [0.2, 0.25) is 0 Å².